The number of hydrogen-bond acceptors (Lipinski definition) is 2. The topological polar surface area (TPSA) is 46.2 Å². The van der Waals surface area contributed by atoms with E-state index in [9.17, 15) is 5.11 Å². The van der Waals surface area contributed by atoms with Crippen LogP contribution in [0.15, 0.2) is 30.3 Å². The molecule has 1 aromatic rings. The molecule has 3 N–H and O–H groups in total. The first-order valence-electron chi connectivity index (χ1n) is 6.60. The van der Waals surface area contributed by atoms with Crippen LogP contribution in [0.2, 0.25) is 0 Å². The second-order valence-corrected chi connectivity index (χ2v) is 5.59. The summed E-state index contributed by atoms with van der Waals surface area (Å²) in [5, 5.41) is 10.2. The van der Waals surface area contributed by atoms with E-state index in [2.05, 4.69) is 30.3 Å². The van der Waals surface area contributed by atoms with Crippen LogP contribution in [-0.2, 0) is 0 Å². The quantitative estimate of drug-likeness (QED) is 0.821. The van der Waals surface area contributed by atoms with Crippen LogP contribution in [-0.4, -0.2) is 17.3 Å². The molecule has 0 aliphatic heterocycles. The lowest BCUT2D eigenvalue weighted by Gasteiger charge is -2.41. The molecule has 0 radical (unpaired) electrons. The van der Waals surface area contributed by atoms with Gasteiger partial charge in [-0.3, -0.25) is 0 Å². The van der Waals surface area contributed by atoms with Crippen LogP contribution >= 0.6 is 0 Å². The molecule has 2 heteroatoms. The largest absolute Gasteiger partial charge is 0.390 e. The number of rotatable bonds is 5. The van der Waals surface area contributed by atoms with E-state index < -0.39 is 5.60 Å². The van der Waals surface area contributed by atoms with Crippen molar-refractivity contribution in [2.24, 2.45) is 11.7 Å². The van der Waals surface area contributed by atoms with Crippen molar-refractivity contribution in [3.05, 3.63) is 35.9 Å². The van der Waals surface area contributed by atoms with Gasteiger partial charge in [0.05, 0.1) is 5.60 Å². The lowest BCUT2D eigenvalue weighted by Crippen LogP contribution is -2.36. The lowest BCUT2D eigenvalue weighted by atomic mass is 9.66. The Morgan fingerprint density at radius 1 is 1.29 bits per heavy atom. The fourth-order valence-electron chi connectivity index (χ4n) is 2.93. The molecule has 3 atom stereocenters. The summed E-state index contributed by atoms with van der Waals surface area (Å²) < 4.78 is 0. The smallest absolute Gasteiger partial charge is 0.0634 e. The van der Waals surface area contributed by atoms with Crippen molar-refractivity contribution in [2.75, 3.05) is 6.54 Å². The Morgan fingerprint density at radius 2 is 2.00 bits per heavy atom. The van der Waals surface area contributed by atoms with Gasteiger partial charge in [-0.25, -0.2) is 0 Å². The Kier molecular flexibility index (Phi) is 3.85. The molecule has 2 rings (SSSR count). The normalized spacial score (nSPS) is 27.2. The highest BCUT2D eigenvalue weighted by Crippen LogP contribution is 2.46. The molecule has 17 heavy (non-hydrogen) atoms. The number of benzene rings is 1. The highest BCUT2D eigenvalue weighted by molar-refractivity contribution is 5.22. The highest BCUT2D eigenvalue weighted by Gasteiger charge is 2.36. The number of aliphatic hydroxyl groups is 1. The van der Waals surface area contributed by atoms with E-state index in [-0.39, 0.29) is 0 Å². The maximum absolute atomic E-state index is 10.2. The third-order valence-electron chi connectivity index (χ3n) is 4.03. The van der Waals surface area contributed by atoms with Gasteiger partial charge >= 0.3 is 0 Å². The standard InChI is InChI=1S/C15H23NO/c1-15(17,9-10-16)11-13-7-8-14(13)12-5-3-2-4-6-12/h2-6,13-14,17H,7-11,16H2,1H3. The zero-order valence-corrected chi connectivity index (χ0v) is 10.6. The summed E-state index contributed by atoms with van der Waals surface area (Å²) in [7, 11) is 0. The Morgan fingerprint density at radius 3 is 2.53 bits per heavy atom. The summed E-state index contributed by atoms with van der Waals surface area (Å²) in [5.41, 5.74) is 6.37. The van der Waals surface area contributed by atoms with E-state index in [0.29, 0.717) is 24.8 Å². The van der Waals surface area contributed by atoms with Gasteiger partial charge in [0.25, 0.3) is 0 Å². The van der Waals surface area contributed by atoms with Gasteiger partial charge < -0.3 is 10.8 Å². The average Bonchev–Trinajstić information content (AvgIpc) is 2.26. The molecule has 1 saturated carbocycles. The van der Waals surface area contributed by atoms with Gasteiger partial charge in [-0.1, -0.05) is 30.3 Å². The second kappa shape index (κ2) is 5.19. The molecule has 0 heterocycles. The molecule has 1 aliphatic rings. The minimum atomic E-state index is -0.590. The Hall–Kier alpha value is -0.860. The van der Waals surface area contributed by atoms with Gasteiger partial charge in [0, 0.05) is 0 Å². The predicted octanol–water partition coefficient (Wildman–Crippen LogP) is 2.67. The summed E-state index contributed by atoms with van der Waals surface area (Å²) in [6, 6.07) is 10.7. The maximum Gasteiger partial charge on any atom is 0.0634 e. The van der Waals surface area contributed by atoms with E-state index >= 15 is 0 Å². The highest BCUT2D eigenvalue weighted by atomic mass is 16.3. The summed E-state index contributed by atoms with van der Waals surface area (Å²) in [6.07, 6.45) is 4.07. The van der Waals surface area contributed by atoms with Crippen molar-refractivity contribution in [1.82, 2.24) is 0 Å². The molecule has 2 nitrogen and oxygen atoms in total. The van der Waals surface area contributed by atoms with Gasteiger partial charge in [-0.15, -0.1) is 0 Å². The van der Waals surface area contributed by atoms with Crippen molar-refractivity contribution in [1.29, 1.82) is 0 Å². The summed E-state index contributed by atoms with van der Waals surface area (Å²) in [4.78, 5) is 0. The molecule has 94 valence electrons. The summed E-state index contributed by atoms with van der Waals surface area (Å²) in [5.74, 6) is 1.26. The SMILES string of the molecule is CC(O)(CCN)CC1CCC1c1ccccc1. The summed E-state index contributed by atoms with van der Waals surface area (Å²) in [6.45, 7) is 2.48. The molecule has 0 aromatic heterocycles. The van der Waals surface area contributed by atoms with Gasteiger partial charge in [-0.2, -0.15) is 0 Å². The van der Waals surface area contributed by atoms with Crippen LogP contribution in [0.5, 0.6) is 0 Å². The molecule has 1 aliphatic carbocycles. The molecular formula is C15H23NO. The fraction of sp³-hybridized carbons (Fsp3) is 0.600. The first-order valence-corrected chi connectivity index (χ1v) is 6.60. The molecule has 0 saturated heterocycles. The zero-order chi connectivity index (χ0) is 12.3. The first kappa shape index (κ1) is 12.6. The van der Waals surface area contributed by atoms with Crippen LogP contribution < -0.4 is 5.73 Å². The Balaban J connectivity index is 1.96. The minimum Gasteiger partial charge on any atom is -0.390 e. The van der Waals surface area contributed by atoms with Crippen molar-refractivity contribution < 1.29 is 5.11 Å². The van der Waals surface area contributed by atoms with Gasteiger partial charge in [-0.05, 0) is 56.6 Å². The Bertz CT molecular complexity index is 347. The Labute approximate surface area is 104 Å². The van der Waals surface area contributed by atoms with E-state index in [1.54, 1.807) is 0 Å². The van der Waals surface area contributed by atoms with Crippen LogP contribution in [0.4, 0.5) is 0 Å². The third-order valence-corrected chi connectivity index (χ3v) is 4.03. The van der Waals surface area contributed by atoms with E-state index in [1.807, 2.05) is 6.92 Å². The molecule has 1 aromatic carbocycles. The molecule has 0 amide bonds. The maximum atomic E-state index is 10.2. The van der Waals surface area contributed by atoms with Gasteiger partial charge in [0.15, 0.2) is 0 Å². The van der Waals surface area contributed by atoms with Crippen LogP contribution in [0, 0.1) is 5.92 Å². The van der Waals surface area contributed by atoms with Gasteiger partial charge in [0.1, 0.15) is 0 Å². The average molecular weight is 233 g/mol. The predicted molar refractivity (Wildman–Crippen MR) is 70.8 cm³/mol. The third kappa shape index (κ3) is 3.08. The molecule has 0 bridgehead atoms. The van der Waals surface area contributed by atoms with Crippen molar-refractivity contribution in [2.45, 2.75) is 44.1 Å². The summed E-state index contributed by atoms with van der Waals surface area (Å²) >= 11 is 0. The first-order chi connectivity index (χ1) is 8.12. The van der Waals surface area contributed by atoms with Crippen LogP contribution in [0.3, 0.4) is 0 Å². The lowest BCUT2D eigenvalue weighted by molar-refractivity contribution is 0.00809. The van der Waals surface area contributed by atoms with E-state index in [1.165, 1.54) is 18.4 Å². The number of hydrogen-bond donors (Lipinski definition) is 2. The van der Waals surface area contributed by atoms with E-state index in [4.69, 9.17) is 5.73 Å². The fourth-order valence-corrected chi connectivity index (χ4v) is 2.93. The molecule has 1 fully saturated rings. The second-order valence-electron chi connectivity index (χ2n) is 5.59. The number of nitrogens with two attached hydrogens (primary N) is 1. The van der Waals surface area contributed by atoms with Gasteiger partial charge in [0.2, 0.25) is 0 Å². The van der Waals surface area contributed by atoms with Crippen molar-refractivity contribution in [3.8, 4) is 0 Å². The molecule has 0 spiro atoms. The minimum absolute atomic E-state index is 0.565. The van der Waals surface area contributed by atoms with E-state index in [0.717, 1.165) is 6.42 Å². The van der Waals surface area contributed by atoms with Crippen LogP contribution in [0.25, 0.3) is 0 Å². The zero-order valence-electron chi connectivity index (χ0n) is 10.6. The monoisotopic (exact) mass is 233 g/mol. The van der Waals surface area contributed by atoms with Crippen LogP contribution in [0.1, 0.15) is 44.1 Å². The molecule has 3 unspecified atom stereocenters. The van der Waals surface area contributed by atoms with Crippen molar-refractivity contribution in [3.63, 3.8) is 0 Å². The molecular weight excluding hydrogens is 210 g/mol. The van der Waals surface area contributed by atoms with Crippen molar-refractivity contribution >= 4 is 0 Å².